The van der Waals surface area contributed by atoms with Crippen molar-refractivity contribution in [2.45, 2.75) is 12.5 Å². The van der Waals surface area contributed by atoms with Gasteiger partial charge in [-0.1, -0.05) is 6.07 Å². The molecule has 1 amide bonds. The lowest BCUT2D eigenvalue weighted by Gasteiger charge is -2.29. The number of pyridine rings is 1. The van der Waals surface area contributed by atoms with Gasteiger partial charge >= 0.3 is 0 Å². The van der Waals surface area contributed by atoms with Gasteiger partial charge in [0.2, 0.25) is 0 Å². The number of carbonyl (C=O) groups is 2. The molecule has 4 rings (SSSR count). The van der Waals surface area contributed by atoms with Gasteiger partial charge in [0.15, 0.2) is 0 Å². The van der Waals surface area contributed by atoms with E-state index in [2.05, 4.69) is 9.88 Å². The number of aliphatic hydroxyl groups excluding tert-OH is 1. The predicted octanol–water partition coefficient (Wildman–Crippen LogP) is 2.23. The standard InChI is InChI=1S/C24H27N3O5/c1-31-19-7-5-17(6-8-19)22(28)20-21(18-4-2-9-25-16-18)27(24(30)23(20)29)11-3-10-26-12-14-32-15-13-26/h2,4-9,16,21,28H,3,10-15H2,1H3/t21-/m0/s1. The number of ether oxygens (including phenoxy) is 2. The normalized spacial score (nSPS) is 21.2. The van der Waals surface area contributed by atoms with Crippen LogP contribution in [0, 0.1) is 0 Å². The van der Waals surface area contributed by atoms with Gasteiger partial charge < -0.3 is 19.5 Å². The van der Waals surface area contributed by atoms with Crippen LogP contribution < -0.4 is 4.74 Å². The van der Waals surface area contributed by atoms with Gasteiger partial charge in [-0.2, -0.15) is 0 Å². The molecule has 2 aliphatic rings. The van der Waals surface area contributed by atoms with Gasteiger partial charge in [0.25, 0.3) is 11.7 Å². The zero-order chi connectivity index (χ0) is 22.5. The summed E-state index contributed by atoms with van der Waals surface area (Å²) in [5.74, 6) is -0.848. The van der Waals surface area contributed by atoms with E-state index in [1.54, 1.807) is 54.7 Å². The number of aliphatic hydroxyl groups is 1. The molecule has 0 aliphatic carbocycles. The first-order valence-electron chi connectivity index (χ1n) is 10.7. The fourth-order valence-electron chi connectivity index (χ4n) is 4.19. The smallest absolute Gasteiger partial charge is 0.295 e. The van der Waals surface area contributed by atoms with Crippen molar-refractivity contribution in [3.8, 4) is 5.75 Å². The molecule has 2 fully saturated rings. The van der Waals surface area contributed by atoms with E-state index in [1.165, 1.54) is 0 Å². The average Bonchev–Trinajstić information content (AvgIpc) is 3.10. The highest BCUT2D eigenvalue weighted by Gasteiger charge is 2.45. The topological polar surface area (TPSA) is 92.2 Å². The van der Waals surface area contributed by atoms with Crippen molar-refractivity contribution in [1.82, 2.24) is 14.8 Å². The summed E-state index contributed by atoms with van der Waals surface area (Å²) in [5, 5.41) is 11.0. The Morgan fingerprint density at radius 1 is 1.16 bits per heavy atom. The number of likely N-dealkylation sites (tertiary alicyclic amines) is 1. The van der Waals surface area contributed by atoms with E-state index >= 15 is 0 Å². The fourth-order valence-corrected chi connectivity index (χ4v) is 4.19. The number of morpholine rings is 1. The largest absolute Gasteiger partial charge is 0.507 e. The van der Waals surface area contributed by atoms with Crippen LogP contribution in [-0.2, 0) is 14.3 Å². The summed E-state index contributed by atoms with van der Waals surface area (Å²) in [7, 11) is 1.56. The van der Waals surface area contributed by atoms with E-state index in [4.69, 9.17) is 9.47 Å². The second-order valence-corrected chi connectivity index (χ2v) is 7.81. The molecule has 1 aromatic carbocycles. The van der Waals surface area contributed by atoms with Crippen LogP contribution in [0.4, 0.5) is 0 Å². The maximum absolute atomic E-state index is 13.0. The van der Waals surface area contributed by atoms with Gasteiger partial charge in [-0.3, -0.25) is 19.5 Å². The van der Waals surface area contributed by atoms with Gasteiger partial charge in [-0.15, -0.1) is 0 Å². The fraction of sp³-hybridized carbons (Fsp3) is 0.375. The van der Waals surface area contributed by atoms with E-state index in [9.17, 15) is 14.7 Å². The summed E-state index contributed by atoms with van der Waals surface area (Å²) in [6, 6.07) is 9.63. The number of nitrogens with zero attached hydrogens (tertiary/aromatic N) is 3. The molecule has 1 aromatic heterocycles. The van der Waals surface area contributed by atoms with Crippen LogP contribution in [0.2, 0.25) is 0 Å². The van der Waals surface area contributed by atoms with E-state index in [0.29, 0.717) is 43.1 Å². The zero-order valence-corrected chi connectivity index (χ0v) is 18.1. The molecule has 3 heterocycles. The Bertz CT molecular complexity index is 984. The molecule has 0 saturated carbocycles. The number of hydrogen-bond donors (Lipinski definition) is 1. The molecule has 1 atom stereocenters. The van der Waals surface area contributed by atoms with Gasteiger partial charge in [0.05, 0.1) is 31.9 Å². The quantitative estimate of drug-likeness (QED) is 0.403. The maximum Gasteiger partial charge on any atom is 0.295 e. The minimum absolute atomic E-state index is 0.0829. The van der Waals surface area contributed by atoms with Crippen molar-refractivity contribution in [1.29, 1.82) is 0 Å². The number of carbonyl (C=O) groups excluding carboxylic acids is 2. The molecule has 0 spiro atoms. The number of Topliss-reactive ketones (excluding diaryl/α,β-unsaturated/α-hetero) is 1. The Hall–Kier alpha value is -3.23. The summed E-state index contributed by atoms with van der Waals surface area (Å²) < 4.78 is 10.6. The summed E-state index contributed by atoms with van der Waals surface area (Å²) in [4.78, 5) is 34.0. The van der Waals surface area contributed by atoms with Crippen molar-refractivity contribution in [3.05, 3.63) is 65.5 Å². The lowest BCUT2D eigenvalue weighted by atomic mass is 9.96. The summed E-state index contributed by atoms with van der Waals surface area (Å²) in [6.45, 7) is 4.36. The molecule has 8 nitrogen and oxygen atoms in total. The maximum atomic E-state index is 13.0. The first-order chi connectivity index (χ1) is 15.6. The number of hydrogen-bond acceptors (Lipinski definition) is 7. The van der Waals surface area contributed by atoms with Crippen LogP contribution >= 0.6 is 0 Å². The van der Waals surface area contributed by atoms with Crippen molar-refractivity contribution >= 4 is 17.4 Å². The molecule has 1 N–H and O–H groups in total. The van der Waals surface area contributed by atoms with Crippen molar-refractivity contribution in [2.24, 2.45) is 0 Å². The molecule has 2 saturated heterocycles. The van der Waals surface area contributed by atoms with E-state index < -0.39 is 17.7 Å². The highest BCUT2D eigenvalue weighted by atomic mass is 16.5. The first kappa shape index (κ1) is 22.0. The lowest BCUT2D eigenvalue weighted by molar-refractivity contribution is -0.140. The minimum atomic E-state index is -0.685. The predicted molar refractivity (Wildman–Crippen MR) is 118 cm³/mol. The highest BCUT2D eigenvalue weighted by Crippen LogP contribution is 2.39. The highest BCUT2D eigenvalue weighted by molar-refractivity contribution is 6.46. The number of aromatic nitrogens is 1. The van der Waals surface area contributed by atoms with Crippen LogP contribution in [0.3, 0.4) is 0 Å². The SMILES string of the molecule is COc1ccc(C(O)=C2C(=O)C(=O)N(CCCN3CCOCC3)[C@H]2c2cccnc2)cc1. The van der Waals surface area contributed by atoms with Crippen molar-refractivity contribution in [2.75, 3.05) is 46.5 Å². The third-order valence-corrected chi connectivity index (χ3v) is 5.88. The number of rotatable bonds is 7. The molecule has 2 aromatic rings. The third-order valence-electron chi connectivity index (χ3n) is 5.88. The Kier molecular flexibility index (Phi) is 6.82. The second-order valence-electron chi connectivity index (χ2n) is 7.81. The summed E-state index contributed by atoms with van der Waals surface area (Å²) >= 11 is 0. The van der Waals surface area contributed by atoms with Gasteiger partial charge in [0.1, 0.15) is 11.5 Å². The average molecular weight is 437 g/mol. The Morgan fingerprint density at radius 2 is 1.91 bits per heavy atom. The van der Waals surface area contributed by atoms with E-state index in [1.807, 2.05) is 6.07 Å². The second kappa shape index (κ2) is 9.93. The van der Waals surface area contributed by atoms with Crippen LogP contribution in [0.25, 0.3) is 5.76 Å². The molecular formula is C24H27N3O5. The molecule has 32 heavy (non-hydrogen) atoms. The summed E-state index contributed by atoms with van der Waals surface area (Å²) in [5.41, 5.74) is 1.22. The van der Waals surface area contributed by atoms with Crippen molar-refractivity contribution < 1.29 is 24.2 Å². The van der Waals surface area contributed by atoms with Gasteiger partial charge in [-0.05, 0) is 42.3 Å². The van der Waals surface area contributed by atoms with Crippen LogP contribution in [0.1, 0.15) is 23.6 Å². The molecule has 8 heteroatoms. The number of methoxy groups -OCH3 is 1. The number of benzene rings is 1. The van der Waals surface area contributed by atoms with Gasteiger partial charge in [0, 0.05) is 44.1 Å². The van der Waals surface area contributed by atoms with Gasteiger partial charge in [-0.25, -0.2) is 0 Å². The third kappa shape index (κ3) is 4.51. The number of amides is 1. The molecule has 2 aliphatic heterocycles. The lowest BCUT2D eigenvalue weighted by Crippen LogP contribution is -2.39. The molecule has 0 radical (unpaired) electrons. The minimum Gasteiger partial charge on any atom is -0.507 e. The summed E-state index contributed by atoms with van der Waals surface area (Å²) in [6.07, 6.45) is 3.98. The van der Waals surface area contributed by atoms with E-state index in [0.717, 1.165) is 19.6 Å². The molecule has 168 valence electrons. The molecule has 0 bridgehead atoms. The zero-order valence-electron chi connectivity index (χ0n) is 18.1. The first-order valence-corrected chi connectivity index (χ1v) is 10.7. The van der Waals surface area contributed by atoms with E-state index in [-0.39, 0.29) is 11.3 Å². The molecular weight excluding hydrogens is 410 g/mol. The monoisotopic (exact) mass is 437 g/mol. The van der Waals surface area contributed by atoms with Crippen molar-refractivity contribution in [3.63, 3.8) is 0 Å². The van der Waals surface area contributed by atoms with Crippen LogP contribution in [-0.4, -0.2) is 78.1 Å². The Balaban J connectivity index is 1.64. The Labute approximate surface area is 187 Å². The van der Waals surface area contributed by atoms with Crippen LogP contribution in [0.15, 0.2) is 54.4 Å². The van der Waals surface area contributed by atoms with Crippen LogP contribution in [0.5, 0.6) is 5.75 Å². The molecule has 0 unspecified atom stereocenters. The number of ketones is 1. The Morgan fingerprint density at radius 3 is 2.56 bits per heavy atom.